The fourth-order valence-corrected chi connectivity index (χ4v) is 4.77. The number of nitrogens with zero attached hydrogens (tertiary/aromatic N) is 1. The lowest BCUT2D eigenvalue weighted by molar-refractivity contribution is -0.127. The lowest BCUT2D eigenvalue weighted by Crippen LogP contribution is -2.42. The molecule has 0 spiro atoms. The predicted octanol–water partition coefficient (Wildman–Crippen LogP) is 4.43. The van der Waals surface area contributed by atoms with Crippen LogP contribution in [-0.4, -0.2) is 34.6 Å². The number of para-hydroxylation sites is 1. The lowest BCUT2D eigenvalue weighted by atomic mass is 9.92. The number of fused-ring (bicyclic) bond motifs is 1. The summed E-state index contributed by atoms with van der Waals surface area (Å²) in [6, 6.07) is 12.1. The van der Waals surface area contributed by atoms with Crippen LogP contribution in [0.4, 0.5) is 11.4 Å². The van der Waals surface area contributed by atoms with E-state index in [1.165, 1.54) is 7.11 Å². The molecule has 0 saturated heterocycles. The Morgan fingerprint density at radius 3 is 2.59 bits per heavy atom. The van der Waals surface area contributed by atoms with Gasteiger partial charge in [0.05, 0.1) is 29.7 Å². The van der Waals surface area contributed by atoms with Crippen molar-refractivity contribution in [3.63, 3.8) is 0 Å². The Morgan fingerprint density at radius 2 is 1.91 bits per heavy atom. The highest BCUT2D eigenvalue weighted by Crippen LogP contribution is 2.38. The van der Waals surface area contributed by atoms with Crippen LogP contribution in [0.3, 0.4) is 0 Å². The zero-order valence-electron chi connectivity index (χ0n) is 19.3. The van der Waals surface area contributed by atoms with E-state index in [9.17, 15) is 13.2 Å². The van der Waals surface area contributed by atoms with E-state index in [1.807, 2.05) is 13.8 Å². The predicted molar refractivity (Wildman–Crippen MR) is 127 cm³/mol. The number of ether oxygens (including phenoxy) is 2. The Labute approximate surface area is 190 Å². The average molecular weight is 461 g/mol. The first kappa shape index (κ1) is 23.9. The van der Waals surface area contributed by atoms with Gasteiger partial charge in [0.2, 0.25) is 15.9 Å². The van der Waals surface area contributed by atoms with Crippen LogP contribution in [0.25, 0.3) is 0 Å². The molecule has 0 aliphatic carbocycles. The van der Waals surface area contributed by atoms with Crippen molar-refractivity contribution in [2.45, 2.75) is 39.9 Å². The molecular weight excluding hydrogens is 428 g/mol. The molecule has 0 radical (unpaired) electrons. The number of benzene rings is 2. The molecule has 174 valence electrons. The van der Waals surface area contributed by atoms with E-state index >= 15 is 0 Å². The molecule has 0 bridgehead atoms. The normalized spacial score (nSPS) is 15.7. The second-order valence-corrected chi connectivity index (χ2v) is 10.9. The van der Waals surface area contributed by atoms with Crippen LogP contribution in [0, 0.1) is 11.3 Å². The molecule has 0 saturated carbocycles. The van der Waals surface area contributed by atoms with Gasteiger partial charge in [-0.05, 0) is 44.4 Å². The topological polar surface area (TPSA) is 84.9 Å². The van der Waals surface area contributed by atoms with Gasteiger partial charge in [0.1, 0.15) is 18.1 Å². The number of hydrogen-bond donors (Lipinski definition) is 1. The van der Waals surface area contributed by atoms with Crippen molar-refractivity contribution in [1.82, 2.24) is 0 Å². The van der Waals surface area contributed by atoms with Crippen molar-refractivity contribution in [2.75, 3.05) is 29.9 Å². The Kier molecular flexibility index (Phi) is 7.03. The summed E-state index contributed by atoms with van der Waals surface area (Å²) in [7, 11) is -2.18. The van der Waals surface area contributed by atoms with Crippen LogP contribution in [0.5, 0.6) is 11.5 Å². The molecule has 1 N–H and O–H groups in total. The molecule has 0 aromatic heterocycles. The van der Waals surface area contributed by atoms with E-state index in [2.05, 4.69) is 18.6 Å². The van der Waals surface area contributed by atoms with Crippen LogP contribution < -0.4 is 19.1 Å². The number of methoxy groups -OCH3 is 1. The van der Waals surface area contributed by atoms with Crippen LogP contribution in [-0.2, 0) is 20.6 Å². The summed E-state index contributed by atoms with van der Waals surface area (Å²) in [4.78, 5) is 14.9. The lowest BCUT2D eigenvalue weighted by Gasteiger charge is -2.28. The molecule has 0 atom stereocenters. The molecule has 0 unspecified atom stereocenters. The number of nitrogens with one attached hydrogen (secondary N) is 1. The van der Waals surface area contributed by atoms with Gasteiger partial charge in [0, 0.05) is 18.2 Å². The number of carbonyl (C=O) groups excluding carboxylic acids is 1. The highest BCUT2D eigenvalue weighted by molar-refractivity contribution is 7.91. The third-order valence-corrected chi connectivity index (χ3v) is 6.64. The summed E-state index contributed by atoms with van der Waals surface area (Å²) in [6.07, 6.45) is 0.856. The molecule has 1 aliphatic heterocycles. The van der Waals surface area contributed by atoms with Crippen LogP contribution in [0.2, 0.25) is 0 Å². The molecular formula is C24H32N2O5S. The third kappa shape index (κ3) is 5.54. The molecule has 3 rings (SSSR count). The van der Waals surface area contributed by atoms with Crippen molar-refractivity contribution in [2.24, 2.45) is 11.3 Å². The summed E-state index contributed by atoms with van der Waals surface area (Å²) < 4.78 is 39.4. The first-order valence-electron chi connectivity index (χ1n) is 10.7. The zero-order valence-corrected chi connectivity index (χ0v) is 20.2. The molecule has 1 amide bonds. The first-order chi connectivity index (χ1) is 15.0. The van der Waals surface area contributed by atoms with E-state index in [0.29, 0.717) is 40.9 Å². The van der Waals surface area contributed by atoms with Crippen molar-refractivity contribution >= 4 is 27.3 Å². The fraction of sp³-hybridized carbons (Fsp3) is 0.458. The van der Waals surface area contributed by atoms with Gasteiger partial charge in [-0.15, -0.1) is 0 Å². The Hall–Kier alpha value is -2.74. The van der Waals surface area contributed by atoms with Crippen molar-refractivity contribution < 1.29 is 22.7 Å². The SMILES string of the molecule is COc1ccccc1CS(=O)(=O)Nc1ccc2c(c1)OCC(C)(C)C(=O)N2CCC(C)C. The largest absolute Gasteiger partial charge is 0.496 e. The number of rotatable bonds is 8. The standard InChI is InChI=1S/C24H32N2O5S/c1-17(2)12-13-26-20-11-10-19(14-22(20)31-16-24(3,4)23(26)27)25-32(28,29)15-18-8-6-7-9-21(18)30-5/h6-11,14,17,25H,12-13,15-16H2,1-5H3. The quantitative estimate of drug-likeness (QED) is 0.630. The Morgan fingerprint density at radius 1 is 1.19 bits per heavy atom. The van der Waals surface area contributed by atoms with Crippen LogP contribution in [0.1, 0.15) is 39.7 Å². The van der Waals surface area contributed by atoms with Gasteiger partial charge in [0.25, 0.3) is 0 Å². The first-order valence-corrected chi connectivity index (χ1v) is 12.4. The van der Waals surface area contributed by atoms with Crippen molar-refractivity contribution in [1.29, 1.82) is 0 Å². The number of anilines is 2. The third-order valence-electron chi connectivity index (χ3n) is 5.40. The molecule has 7 nitrogen and oxygen atoms in total. The molecule has 0 fully saturated rings. The Bertz CT molecular complexity index is 1080. The molecule has 8 heteroatoms. The van der Waals surface area contributed by atoms with E-state index in [1.54, 1.807) is 47.4 Å². The number of sulfonamides is 1. The van der Waals surface area contributed by atoms with Gasteiger partial charge in [-0.1, -0.05) is 32.0 Å². The maximum Gasteiger partial charge on any atom is 0.237 e. The minimum absolute atomic E-state index is 0.00130. The van der Waals surface area contributed by atoms with Gasteiger partial charge < -0.3 is 14.4 Å². The van der Waals surface area contributed by atoms with Gasteiger partial charge in [0.15, 0.2) is 0 Å². The number of hydrogen-bond acceptors (Lipinski definition) is 5. The second-order valence-electron chi connectivity index (χ2n) is 9.17. The average Bonchev–Trinajstić information content (AvgIpc) is 2.81. The van der Waals surface area contributed by atoms with Crippen LogP contribution in [0.15, 0.2) is 42.5 Å². The highest BCUT2D eigenvalue weighted by Gasteiger charge is 2.37. The van der Waals surface area contributed by atoms with Gasteiger partial charge in [-0.2, -0.15) is 0 Å². The summed E-state index contributed by atoms with van der Waals surface area (Å²) in [6.45, 7) is 8.75. The molecule has 1 aliphatic rings. The summed E-state index contributed by atoms with van der Waals surface area (Å²) in [5, 5.41) is 0. The van der Waals surface area contributed by atoms with Gasteiger partial charge in [-0.25, -0.2) is 8.42 Å². The maximum atomic E-state index is 13.1. The summed E-state index contributed by atoms with van der Waals surface area (Å²) in [5.74, 6) is 1.23. The number of amides is 1. The second kappa shape index (κ2) is 9.40. The summed E-state index contributed by atoms with van der Waals surface area (Å²) >= 11 is 0. The molecule has 1 heterocycles. The minimum Gasteiger partial charge on any atom is -0.496 e. The molecule has 2 aromatic rings. The summed E-state index contributed by atoms with van der Waals surface area (Å²) in [5.41, 5.74) is 0.934. The monoisotopic (exact) mass is 460 g/mol. The van der Waals surface area contributed by atoms with E-state index in [0.717, 1.165) is 6.42 Å². The Balaban J connectivity index is 1.87. The zero-order chi connectivity index (χ0) is 23.5. The molecule has 32 heavy (non-hydrogen) atoms. The fourth-order valence-electron chi connectivity index (χ4n) is 3.56. The smallest absolute Gasteiger partial charge is 0.237 e. The highest BCUT2D eigenvalue weighted by atomic mass is 32.2. The van der Waals surface area contributed by atoms with Crippen molar-refractivity contribution in [3.8, 4) is 11.5 Å². The van der Waals surface area contributed by atoms with E-state index in [4.69, 9.17) is 9.47 Å². The van der Waals surface area contributed by atoms with Crippen molar-refractivity contribution in [3.05, 3.63) is 48.0 Å². The minimum atomic E-state index is -3.69. The maximum absolute atomic E-state index is 13.1. The van der Waals surface area contributed by atoms with E-state index in [-0.39, 0.29) is 18.3 Å². The van der Waals surface area contributed by atoms with E-state index < -0.39 is 15.4 Å². The van der Waals surface area contributed by atoms with Crippen LogP contribution >= 0.6 is 0 Å². The molecule has 2 aromatic carbocycles. The number of carbonyl (C=O) groups is 1. The van der Waals surface area contributed by atoms with Gasteiger partial charge >= 0.3 is 0 Å². The van der Waals surface area contributed by atoms with Gasteiger partial charge in [-0.3, -0.25) is 9.52 Å².